The number of hydrogen-bond acceptors (Lipinski definition) is 10. The maximum atomic E-state index is 13.8. The average molecular weight is 590 g/mol. The molecule has 3 aliphatic carbocycles. The number of phenols is 1. The number of primary amides is 1. The molecule has 1 aliphatic heterocycles. The Labute approximate surface area is 242 Å². The molecule has 0 unspecified atom stereocenters. The Balaban J connectivity index is 1.54. The fraction of sp³-hybridized carbons (Fsp3) is 0.552. The van der Waals surface area contributed by atoms with Crippen LogP contribution in [0, 0.1) is 17.8 Å². The molecular formula is C29H36ClN3O8. The summed E-state index contributed by atoms with van der Waals surface area (Å²) in [5.74, 6) is -6.33. The van der Waals surface area contributed by atoms with Crippen molar-refractivity contribution >= 4 is 29.1 Å². The van der Waals surface area contributed by atoms with Crippen molar-refractivity contribution in [1.82, 2.24) is 9.80 Å². The smallest absolute Gasteiger partial charge is 0.255 e. The number of nitrogens with zero attached hydrogens (tertiary/aromatic N) is 2. The van der Waals surface area contributed by atoms with Crippen LogP contribution in [0.2, 0.25) is 5.02 Å². The van der Waals surface area contributed by atoms with Crippen LogP contribution < -0.4 is 5.73 Å². The Morgan fingerprint density at radius 2 is 1.88 bits per heavy atom. The number of phenolic OH excluding ortho intramolecular Hbond substituents is 1. The van der Waals surface area contributed by atoms with Crippen molar-refractivity contribution in [3.05, 3.63) is 50.4 Å². The van der Waals surface area contributed by atoms with E-state index in [1.54, 1.807) is 21.2 Å². The van der Waals surface area contributed by atoms with Crippen molar-refractivity contribution in [2.75, 3.05) is 40.9 Å². The number of carbonyl (C=O) groups excluding carboxylic acids is 3. The zero-order valence-electron chi connectivity index (χ0n) is 23.3. The average Bonchev–Trinajstić information content (AvgIpc) is 2.90. The summed E-state index contributed by atoms with van der Waals surface area (Å²) in [6.07, 6.45) is 2.13. The van der Waals surface area contributed by atoms with Gasteiger partial charge in [0.25, 0.3) is 5.91 Å². The number of nitrogens with two attached hydrogens (primary N) is 1. The predicted octanol–water partition coefficient (Wildman–Crippen LogP) is 1.63. The molecule has 222 valence electrons. The lowest BCUT2D eigenvalue weighted by Gasteiger charge is -2.50. The summed E-state index contributed by atoms with van der Waals surface area (Å²) in [4.78, 5) is 43.1. The van der Waals surface area contributed by atoms with E-state index in [0.717, 1.165) is 25.9 Å². The highest BCUT2D eigenvalue weighted by Crippen LogP contribution is 2.53. The topological polar surface area (TPSA) is 174 Å². The molecule has 1 amide bonds. The number of carbonyl (C=O) groups is 3. The standard InChI is InChI=1S/C29H36ClN3O8/c1-32(2)23-17-9-14-8-16-20(18(34)10-15(22(16)30)11-33-6-4-13(5-7-33)12-41-3)24(35)19(14)26(37)29(17,40)27(38)21(25(23)36)28(31)39/h10,13-14,17,23,34,36-37,40H,4-9,11-12H2,1-3H3,(H2,31,39)/t14-,17-,23-,29-/m0/s1. The number of aromatic hydroxyl groups is 1. The summed E-state index contributed by atoms with van der Waals surface area (Å²) >= 11 is 6.87. The number of halogens is 1. The van der Waals surface area contributed by atoms with Crippen molar-refractivity contribution < 1.29 is 39.5 Å². The number of aliphatic hydroxyl groups excluding tert-OH is 2. The number of likely N-dealkylation sites (N-methyl/N-ethyl adjacent to an activating group) is 1. The lowest BCUT2D eigenvalue weighted by molar-refractivity contribution is -0.148. The molecule has 11 nitrogen and oxygen atoms in total. The highest BCUT2D eigenvalue weighted by molar-refractivity contribution is 6.33. The Bertz CT molecular complexity index is 1380. The molecule has 0 radical (unpaired) electrons. The number of allylic oxidation sites excluding steroid dienone is 1. The third-order valence-electron chi connectivity index (χ3n) is 9.23. The minimum Gasteiger partial charge on any atom is -0.510 e. The van der Waals surface area contributed by atoms with Crippen LogP contribution in [0.4, 0.5) is 0 Å². The molecule has 6 N–H and O–H groups in total. The number of aliphatic hydroxyl groups is 3. The van der Waals surface area contributed by atoms with Crippen LogP contribution >= 0.6 is 11.6 Å². The van der Waals surface area contributed by atoms with Crippen LogP contribution in [0.3, 0.4) is 0 Å². The molecule has 1 fully saturated rings. The van der Waals surface area contributed by atoms with E-state index < -0.39 is 58.0 Å². The molecule has 1 heterocycles. The summed E-state index contributed by atoms with van der Waals surface area (Å²) in [7, 11) is 4.88. The van der Waals surface area contributed by atoms with Crippen molar-refractivity contribution in [3.63, 3.8) is 0 Å². The number of benzene rings is 1. The number of likely N-dealkylation sites (tertiary alicyclic amines) is 1. The number of ether oxygens (including phenoxy) is 1. The molecule has 0 aromatic heterocycles. The number of fused-ring (bicyclic) bond motifs is 3. The van der Waals surface area contributed by atoms with Crippen molar-refractivity contribution in [2.45, 2.75) is 43.9 Å². The van der Waals surface area contributed by atoms with Gasteiger partial charge in [0.2, 0.25) is 5.78 Å². The van der Waals surface area contributed by atoms with Gasteiger partial charge in [0.15, 0.2) is 11.4 Å². The molecule has 4 atom stereocenters. The van der Waals surface area contributed by atoms with E-state index in [4.69, 9.17) is 22.1 Å². The van der Waals surface area contributed by atoms with E-state index in [1.165, 1.54) is 11.0 Å². The van der Waals surface area contributed by atoms with Gasteiger partial charge in [-0.2, -0.15) is 0 Å². The first-order valence-corrected chi connectivity index (χ1v) is 14.1. The fourth-order valence-corrected chi connectivity index (χ4v) is 7.54. The van der Waals surface area contributed by atoms with E-state index in [1.807, 2.05) is 0 Å². The van der Waals surface area contributed by atoms with Gasteiger partial charge in [-0.15, -0.1) is 0 Å². The number of piperidine rings is 1. The molecule has 0 saturated carbocycles. The number of Topliss-reactive ketones (excluding diaryl/α,β-unsaturated/α-hetero) is 2. The third-order valence-corrected chi connectivity index (χ3v) is 9.71. The van der Waals surface area contributed by atoms with Crippen molar-refractivity contribution in [2.24, 2.45) is 23.5 Å². The van der Waals surface area contributed by atoms with Gasteiger partial charge in [-0.05, 0) is 81.9 Å². The number of ketones is 2. The lowest BCUT2D eigenvalue weighted by Crippen LogP contribution is -2.63. The highest BCUT2D eigenvalue weighted by Gasteiger charge is 2.63. The third kappa shape index (κ3) is 4.54. The van der Waals surface area contributed by atoms with Gasteiger partial charge in [-0.3, -0.25) is 24.2 Å². The minimum atomic E-state index is -2.67. The van der Waals surface area contributed by atoms with E-state index >= 15 is 0 Å². The first-order valence-electron chi connectivity index (χ1n) is 13.7. The van der Waals surface area contributed by atoms with Crippen molar-refractivity contribution in [1.29, 1.82) is 0 Å². The number of methoxy groups -OCH3 is 1. The lowest BCUT2D eigenvalue weighted by atomic mass is 9.58. The molecule has 1 saturated heterocycles. The molecule has 1 aromatic rings. The van der Waals surface area contributed by atoms with Crippen molar-refractivity contribution in [3.8, 4) is 5.75 Å². The largest absolute Gasteiger partial charge is 0.510 e. The Morgan fingerprint density at radius 1 is 1.22 bits per heavy atom. The van der Waals surface area contributed by atoms with Gasteiger partial charge in [0.05, 0.1) is 11.6 Å². The molecule has 0 bridgehead atoms. The summed E-state index contributed by atoms with van der Waals surface area (Å²) < 4.78 is 5.28. The zero-order valence-corrected chi connectivity index (χ0v) is 24.1. The van der Waals surface area contributed by atoms with Gasteiger partial charge in [0.1, 0.15) is 22.8 Å². The van der Waals surface area contributed by atoms with Crippen LogP contribution in [0.5, 0.6) is 5.75 Å². The highest BCUT2D eigenvalue weighted by atomic mass is 35.5. The van der Waals surface area contributed by atoms with Crippen LogP contribution in [0.15, 0.2) is 28.7 Å². The van der Waals surface area contributed by atoms with Gasteiger partial charge in [-0.25, -0.2) is 0 Å². The number of amides is 1. The van der Waals surface area contributed by atoms with Gasteiger partial charge in [-0.1, -0.05) is 11.6 Å². The quantitative estimate of drug-likeness (QED) is 0.307. The predicted molar refractivity (Wildman–Crippen MR) is 149 cm³/mol. The normalized spacial score (nSPS) is 29.1. The van der Waals surface area contributed by atoms with E-state index in [2.05, 4.69) is 4.90 Å². The maximum absolute atomic E-state index is 13.8. The molecule has 12 heteroatoms. The van der Waals surface area contributed by atoms with E-state index in [9.17, 15) is 34.8 Å². The summed E-state index contributed by atoms with van der Waals surface area (Å²) in [6.45, 7) is 2.89. The zero-order chi connectivity index (χ0) is 30.0. The molecule has 41 heavy (non-hydrogen) atoms. The Morgan fingerprint density at radius 3 is 2.46 bits per heavy atom. The number of rotatable bonds is 6. The number of hydrogen-bond donors (Lipinski definition) is 5. The van der Waals surface area contributed by atoms with Gasteiger partial charge < -0.3 is 30.9 Å². The van der Waals surface area contributed by atoms with Crippen LogP contribution in [0.25, 0.3) is 0 Å². The summed E-state index contributed by atoms with van der Waals surface area (Å²) in [5.41, 5.74) is 2.69. The van der Waals surface area contributed by atoms with E-state index in [-0.39, 0.29) is 29.7 Å². The molecule has 4 aliphatic rings. The summed E-state index contributed by atoms with van der Waals surface area (Å²) in [5, 5.41) is 45.3. The van der Waals surface area contributed by atoms with Crippen LogP contribution in [-0.2, 0) is 27.3 Å². The maximum Gasteiger partial charge on any atom is 0.255 e. The van der Waals surface area contributed by atoms with Gasteiger partial charge in [0, 0.05) is 36.8 Å². The second kappa shape index (κ2) is 10.7. The first kappa shape index (κ1) is 29.5. The first-order chi connectivity index (χ1) is 19.3. The summed E-state index contributed by atoms with van der Waals surface area (Å²) in [6, 6.07) is 0.412. The SMILES string of the molecule is COCC1CCN(Cc2cc(O)c3c(c2Cl)C[C@H]2C[C@H]4[C@H](N(C)C)C(O)=C(C(N)=O)C(=O)[C@@]4(O)C(O)=C2C3=O)CC1. The Kier molecular flexibility index (Phi) is 7.71. The molecule has 0 spiro atoms. The second-order valence-electron chi connectivity index (χ2n) is 11.9. The second-order valence-corrected chi connectivity index (χ2v) is 12.2. The molecule has 1 aromatic carbocycles. The molecular weight excluding hydrogens is 554 g/mol. The fourth-order valence-electron chi connectivity index (χ4n) is 7.26. The minimum absolute atomic E-state index is 0.0140. The van der Waals surface area contributed by atoms with Gasteiger partial charge >= 0.3 is 0 Å². The van der Waals surface area contributed by atoms with Crippen LogP contribution in [-0.4, -0.2) is 100 Å². The van der Waals surface area contributed by atoms with Crippen LogP contribution in [0.1, 0.15) is 40.7 Å². The monoisotopic (exact) mass is 589 g/mol. The molecule has 5 rings (SSSR count). The van der Waals surface area contributed by atoms with E-state index in [0.29, 0.717) is 35.2 Å². The Hall–Kier alpha value is -2.96.